The summed E-state index contributed by atoms with van der Waals surface area (Å²) in [5.41, 5.74) is 6.82. The summed E-state index contributed by atoms with van der Waals surface area (Å²) in [6.45, 7) is 11.4. The predicted octanol–water partition coefficient (Wildman–Crippen LogP) is 4.30. The Morgan fingerprint density at radius 2 is 2.00 bits per heavy atom. The van der Waals surface area contributed by atoms with Crippen molar-refractivity contribution < 1.29 is 18.3 Å². The van der Waals surface area contributed by atoms with Crippen LogP contribution in [0.15, 0.2) is 34.8 Å². The van der Waals surface area contributed by atoms with Gasteiger partial charge in [-0.3, -0.25) is 9.88 Å². The number of halogens is 2. The molecule has 0 amide bonds. The minimum atomic E-state index is -0.741. The lowest BCUT2D eigenvalue weighted by Crippen LogP contribution is -2.52. The number of thioether (sulfide) groups is 1. The molecule has 46 heavy (non-hydrogen) atoms. The van der Waals surface area contributed by atoms with Gasteiger partial charge in [-0.2, -0.15) is 15.2 Å². The maximum atomic E-state index is 16.7. The normalized spacial score (nSPS) is 29.3. The van der Waals surface area contributed by atoms with Crippen LogP contribution in [0.1, 0.15) is 45.7 Å². The monoisotopic (exact) mass is 650 g/mol. The van der Waals surface area contributed by atoms with Crippen LogP contribution >= 0.6 is 11.8 Å². The molecule has 0 aromatic carbocycles. The number of morpholine rings is 1. The lowest BCUT2D eigenvalue weighted by Gasteiger charge is -2.40. The molecule has 10 nitrogen and oxygen atoms in total. The van der Waals surface area contributed by atoms with Gasteiger partial charge in [-0.05, 0) is 44.8 Å². The SMILES string of the molecule is CCC1CN(c2nc(OCC3(CN4[C@@H](C)COC[C@@H]4C)CC3)nc3c(F)c(C4=CC=C(F)C5SC(N)=C(C#N)C45)ncc23)CCN1. The standard InChI is InChI=1S/C33H40F2N8O2S/c1-4-20-13-42(10-9-38-20)31-23-12-39-27(21-5-6-24(34)29-25(21)22(11-36)30(37)46-29)26(35)28(23)40-32(41-31)45-17-33(7-8-33)16-43-18(2)14-44-15-19(43)3/h5-6,12,18-20,25,29,38H,4,7-10,13-17,37H2,1-3H3/t18-,19-,20?,25?,29?/m0/s1. The van der Waals surface area contributed by atoms with E-state index in [0.29, 0.717) is 48.6 Å². The van der Waals surface area contributed by atoms with E-state index in [2.05, 4.69) is 51.9 Å². The minimum Gasteiger partial charge on any atom is -0.463 e. The Bertz CT molecular complexity index is 1660. The van der Waals surface area contributed by atoms with Gasteiger partial charge in [0.15, 0.2) is 5.82 Å². The number of nitrogens with one attached hydrogen (secondary N) is 1. The average Bonchev–Trinajstić information content (AvgIpc) is 3.75. The van der Waals surface area contributed by atoms with Crippen molar-refractivity contribution in [2.24, 2.45) is 17.1 Å². The van der Waals surface area contributed by atoms with Crippen LogP contribution < -0.4 is 20.7 Å². The van der Waals surface area contributed by atoms with E-state index < -0.39 is 22.8 Å². The Hall–Kier alpha value is -3.31. The van der Waals surface area contributed by atoms with E-state index in [1.165, 1.54) is 12.2 Å². The lowest BCUT2D eigenvalue weighted by atomic mass is 9.83. The number of pyridine rings is 1. The molecular formula is C33H40F2N8O2S. The fourth-order valence-electron chi connectivity index (χ4n) is 7.12. The summed E-state index contributed by atoms with van der Waals surface area (Å²) in [5.74, 6) is -1.22. The van der Waals surface area contributed by atoms with E-state index >= 15 is 4.39 Å². The Morgan fingerprint density at radius 1 is 1.22 bits per heavy atom. The van der Waals surface area contributed by atoms with Crippen molar-refractivity contribution >= 4 is 34.1 Å². The molecule has 3 unspecified atom stereocenters. The molecule has 5 aliphatic rings. The van der Waals surface area contributed by atoms with Gasteiger partial charge in [-0.25, -0.2) is 8.78 Å². The third kappa shape index (κ3) is 5.63. The number of aromatic nitrogens is 3. The third-order valence-electron chi connectivity index (χ3n) is 10.1. The molecule has 3 fully saturated rings. The Kier molecular flexibility index (Phi) is 8.42. The number of allylic oxidation sites excluding steroid dienone is 4. The smallest absolute Gasteiger partial charge is 0.319 e. The van der Waals surface area contributed by atoms with Gasteiger partial charge < -0.3 is 25.4 Å². The molecule has 5 atom stereocenters. The number of anilines is 1. The highest BCUT2D eigenvalue weighted by Crippen LogP contribution is 2.51. The first-order valence-corrected chi connectivity index (χ1v) is 17.0. The van der Waals surface area contributed by atoms with E-state index in [9.17, 15) is 9.65 Å². The maximum Gasteiger partial charge on any atom is 0.319 e. The molecule has 0 spiro atoms. The fourth-order valence-corrected chi connectivity index (χ4v) is 8.31. The highest BCUT2D eigenvalue weighted by molar-refractivity contribution is 8.04. The molecule has 3 aliphatic heterocycles. The van der Waals surface area contributed by atoms with Crippen LogP contribution in [0.4, 0.5) is 14.6 Å². The van der Waals surface area contributed by atoms with Crippen molar-refractivity contribution in [1.82, 2.24) is 25.2 Å². The molecule has 0 bridgehead atoms. The lowest BCUT2D eigenvalue weighted by molar-refractivity contribution is -0.0483. The van der Waals surface area contributed by atoms with Crippen LogP contribution in [0.5, 0.6) is 6.01 Å². The van der Waals surface area contributed by atoms with Crippen molar-refractivity contribution in [2.45, 2.75) is 63.4 Å². The van der Waals surface area contributed by atoms with Crippen LogP contribution in [0.3, 0.4) is 0 Å². The number of nitriles is 1. The quantitative estimate of drug-likeness (QED) is 0.425. The number of fused-ring (bicyclic) bond motifs is 2. The first-order chi connectivity index (χ1) is 22.2. The molecule has 7 rings (SSSR count). The van der Waals surface area contributed by atoms with E-state index in [0.717, 1.165) is 57.3 Å². The topological polar surface area (TPSA) is 125 Å². The van der Waals surface area contributed by atoms with Gasteiger partial charge in [0.2, 0.25) is 0 Å². The first-order valence-electron chi connectivity index (χ1n) is 16.2. The molecule has 244 valence electrons. The zero-order valence-corrected chi connectivity index (χ0v) is 27.2. The van der Waals surface area contributed by atoms with Crippen LogP contribution in [0, 0.1) is 28.5 Å². The average molecular weight is 651 g/mol. The number of hydrogen-bond donors (Lipinski definition) is 2. The molecule has 2 aromatic rings. The number of nitrogens with zero attached hydrogens (tertiary/aromatic N) is 6. The van der Waals surface area contributed by atoms with E-state index in [1.54, 1.807) is 6.20 Å². The molecule has 1 saturated carbocycles. The summed E-state index contributed by atoms with van der Waals surface area (Å²) in [4.78, 5) is 18.7. The summed E-state index contributed by atoms with van der Waals surface area (Å²) in [7, 11) is 0. The largest absolute Gasteiger partial charge is 0.463 e. The summed E-state index contributed by atoms with van der Waals surface area (Å²) >= 11 is 1.08. The van der Waals surface area contributed by atoms with Crippen molar-refractivity contribution in [2.75, 3.05) is 50.9 Å². The molecule has 3 N–H and O–H groups in total. The van der Waals surface area contributed by atoms with Crippen LogP contribution in [0.25, 0.3) is 16.5 Å². The van der Waals surface area contributed by atoms with Gasteiger partial charge in [-0.15, -0.1) is 0 Å². The maximum absolute atomic E-state index is 16.7. The van der Waals surface area contributed by atoms with Gasteiger partial charge >= 0.3 is 6.01 Å². The summed E-state index contributed by atoms with van der Waals surface area (Å²) in [6.07, 6.45) is 7.41. The summed E-state index contributed by atoms with van der Waals surface area (Å²) < 4.78 is 43.7. The summed E-state index contributed by atoms with van der Waals surface area (Å²) in [6, 6.07) is 3.15. The van der Waals surface area contributed by atoms with Crippen molar-refractivity contribution in [1.29, 1.82) is 5.26 Å². The molecule has 2 aliphatic carbocycles. The zero-order valence-electron chi connectivity index (χ0n) is 26.4. The fraction of sp³-hybridized carbons (Fsp3) is 0.576. The number of ether oxygens (including phenoxy) is 2. The third-order valence-corrected chi connectivity index (χ3v) is 11.3. The molecular weight excluding hydrogens is 610 g/mol. The second-order valence-corrected chi connectivity index (χ2v) is 14.5. The second kappa shape index (κ2) is 12.4. The van der Waals surface area contributed by atoms with Crippen molar-refractivity contribution in [3.8, 4) is 12.1 Å². The van der Waals surface area contributed by atoms with E-state index in [1.807, 2.05) is 0 Å². The van der Waals surface area contributed by atoms with Gasteiger partial charge in [0, 0.05) is 61.8 Å². The highest BCUT2D eigenvalue weighted by Gasteiger charge is 2.47. The second-order valence-electron chi connectivity index (χ2n) is 13.3. The van der Waals surface area contributed by atoms with Gasteiger partial charge in [0.05, 0.1) is 47.1 Å². The first kappa shape index (κ1) is 31.3. The molecule has 2 saturated heterocycles. The van der Waals surface area contributed by atoms with E-state index in [-0.39, 0.29) is 39.3 Å². The number of hydrogen-bond acceptors (Lipinski definition) is 11. The highest BCUT2D eigenvalue weighted by atomic mass is 32.2. The van der Waals surface area contributed by atoms with Gasteiger partial charge in [0.1, 0.15) is 22.9 Å². The van der Waals surface area contributed by atoms with Crippen LogP contribution in [0.2, 0.25) is 0 Å². The molecule has 2 aromatic heterocycles. The van der Waals surface area contributed by atoms with Crippen LogP contribution in [-0.4, -0.2) is 89.2 Å². The minimum absolute atomic E-state index is 0.0128. The Balaban J connectivity index is 1.25. The summed E-state index contributed by atoms with van der Waals surface area (Å²) in [5, 5.41) is 13.4. The number of nitrogens with two attached hydrogens (primary N) is 1. The zero-order chi connectivity index (χ0) is 32.2. The Morgan fingerprint density at radius 3 is 2.72 bits per heavy atom. The molecule has 5 heterocycles. The molecule has 13 heteroatoms. The number of rotatable bonds is 8. The van der Waals surface area contributed by atoms with Crippen LogP contribution in [-0.2, 0) is 4.74 Å². The van der Waals surface area contributed by atoms with Crippen molar-refractivity contribution in [3.05, 3.63) is 46.3 Å². The van der Waals surface area contributed by atoms with Gasteiger partial charge in [0.25, 0.3) is 0 Å². The van der Waals surface area contributed by atoms with Crippen molar-refractivity contribution in [3.63, 3.8) is 0 Å². The molecule has 0 radical (unpaired) electrons. The van der Waals surface area contributed by atoms with E-state index in [4.69, 9.17) is 20.2 Å². The predicted molar refractivity (Wildman–Crippen MR) is 174 cm³/mol. The Labute approximate surface area is 272 Å². The van der Waals surface area contributed by atoms with Gasteiger partial charge in [-0.1, -0.05) is 24.8 Å². The number of piperazine rings is 1.